The SMILES string of the molecule is Cc1nc2c(C#N)c(C(F)(F)F)nn2c(C2CCNC2)c1-c1ccnc2cc(Cl)ccc12. The highest BCUT2D eigenvalue weighted by Crippen LogP contribution is 2.40. The molecule has 32 heavy (non-hydrogen) atoms. The van der Waals surface area contributed by atoms with Crippen molar-refractivity contribution in [3.63, 3.8) is 0 Å². The van der Waals surface area contributed by atoms with E-state index in [1.807, 2.05) is 12.1 Å². The minimum Gasteiger partial charge on any atom is -0.316 e. The second kappa shape index (κ2) is 7.43. The topological polar surface area (TPSA) is 78.9 Å². The zero-order chi connectivity index (χ0) is 22.6. The number of nitrogens with one attached hydrogen (secondary N) is 1. The third kappa shape index (κ3) is 3.18. The molecular formula is C22H16ClF3N6. The van der Waals surface area contributed by atoms with Gasteiger partial charge in [0.15, 0.2) is 11.3 Å². The minimum atomic E-state index is -4.77. The summed E-state index contributed by atoms with van der Waals surface area (Å²) in [5, 5.41) is 18.0. The zero-order valence-corrected chi connectivity index (χ0v) is 17.6. The Bertz CT molecular complexity index is 1410. The lowest BCUT2D eigenvalue weighted by atomic mass is 9.92. The summed E-state index contributed by atoms with van der Waals surface area (Å²) in [6.07, 6.45) is -2.40. The van der Waals surface area contributed by atoms with Crippen molar-refractivity contribution in [1.82, 2.24) is 24.9 Å². The van der Waals surface area contributed by atoms with E-state index in [0.29, 0.717) is 34.0 Å². The Kier molecular flexibility index (Phi) is 4.80. The number of hydrogen-bond donors (Lipinski definition) is 1. The number of hydrogen-bond acceptors (Lipinski definition) is 5. The Morgan fingerprint density at radius 3 is 2.78 bits per heavy atom. The molecule has 1 aliphatic heterocycles. The zero-order valence-electron chi connectivity index (χ0n) is 16.8. The molecule has 0 bridgehead atoms. The highest BCUT2D eigenvalue weighted by atomic mass is 35.5. The van der Waals surface area contributed by atoms with Gasteiger partial charge in [-0.25, -0.2) is 9.50 Å². The monoisotopic (exact) mass is 456 g/mol. The quantitative estimate of drug-likeness (QED) is 0.465. The summed E-state index contributed by atoms with van der Waals surface area (Å²) in [4.78, 5) is 8.80. The average molecular weight is 457 g/mol. The van der Waals surface area contributed by atoms with Gasteiger partial charge in [0.1, 0.15) is 11.6 Å². The molecule has 1 fully saturated rings. The van der Waals surface area contributed by atoms with E-state index >= 15 is 0 Å². The number of nitriles is 1. The maximum Gasteiger partial charge on any atom is 0.436 e. The molecule has 1 aromatic carbocycles. The second-order valence-corrected chi connectivity index (χ2v) is 8.17. The summed E-state index contributed by atoms with van der Waals surface area (Å²) in [6, 6.07) is 8.80. The summed E-state index contributed by atoms with van der Waals surface area (Å²) in [6.45, 7) is 3.06. The van der Waals surface area contributed by atoms with Gasteiger partial charge in [-0.2, -0.15) is 23.5 Å². The molecule has 162 valence electrons. The van der Waals surface area contributed by atoms with E-state index in [1.165, 1.54) is 4.52 Å². The van der Waals surface area contributed by atoms with Gasteiger partial charge in [0.05, 0.1) is 11.2 Å². The number of benzene rings is 1. The lowest BCUT2D eigenvalue weighted by molar-refractivity contribution is -0.141. The summed E-state index contributed by atoms with van der Waals surface area (Å²) in [5.74, 6) is -0.0998. The lowest BCUT2D eigenvalue weighted by Gasteiger charge is -2.20. The van der Waals surface area contributed by atoms with Crippen molar-refractivity contribution >= 4 is 28.2 Å². The molecule has 0 spiro atoms. The van der Waals surface area contributed by atoms with Crippen molar-refractivity contribution in [2.24, 2.45) is 0 Å². The number of pyridine rings is 1. The molecular weight excluding hydrogens is 441 g/mol. The number of alkyl halides is 3. The fraction of sp³-hybridized carbons (Fsp3) is 0.273. The Hall–Kier alpha value is -3.22. The van der Waals surface area contributed by atoms with Crippen molar-refractivity contribution in [3.8, 4) is 17.2 Å². The smallest absolute Gasteiger partial charge is 0.316 e. The summed E-state index contributed by atoms with van der Waals surface area (Å²) < 4.78 is 42.2. The van der Waals surface area contributed by atoms with Gasteiger partial charge in [0, 0.05) is 40.3 Å². The highest BCUT2D eigenvalue weighted by molar-refractivity contribution is 6.31. The largest absolute Gasteiger partial charge is 0.436 e. The molecule has 0 amide bonds. The molecule has 10 heteroatoms. The van der Waals surface area contributed by atoms with Crippen LogP contribution in [0.1, 0.15) is 35.0 Å². The van der Waals surface area contributed by atoms with Crippen LogP contribution >= 0.6 is 11.6 Å². The maximum atomic E-state index is 13.7. The van der Waals surface area contributed by atoms with Crippen molar-refractivity contribution in [2.75, 3.05) is 13.1 Å². The summed E-state index contributed by atoms with van der Waals surface area (Å²) >= 11 is 6.13. The first kappa shape index (κ1) is 20.7. The van der Waals surface area contributed by atoms with E-state index < -0.39 is 17.4 Å². The molecule has 0 saturated carbocycles. The second-order valence-electron chi connectivity index (χ2n) is 7.74. The Balaban J connectivity index is 1.91. The third-order valence-electron chi connectivity index (χ3n) is 5.78. The fourth-order valence-corrected chi connectivity index (χ4v) is 4.59. The van der Waals surface area contributed by atoms with Crippen LogP contribution in [0.4, 0.5) is 13.2 Å². The molecule has 0 radical (unpaired) electrons. The van der Waals surface area contributed by atoms with Crippen LogP contribution in [-0.4, -0.2) is 32.7 Å². The molecule has 0 aliphatic carbocycles. The van der Waals surface area contributed by atoms with Gasteiger partial charge in [0.25, 0.3) is 0 Å². The van der Waals surface area contributed by atoms with Gasteiger partial charge in [0.2, 0.25) is 0 Å². The van der Waals surface area contributed by atoms with Crippen LogP contribution < -0.4 is 5.32 Å². The number of aromatic nitrogens is 4. The standard InChI is InChI=1S/C22H16ClF3N6/c1-11-18(15-5-7-29-17-8-13(23)2-3-14(15)17)19(12-4-6-28-10-12)32-21(30-11)16(9-27)20(31-32)22(24,25)26/h2-3,5,7-8,12,28H,4,6,10H2,1H3. The van der Waals surface area contributed by atoms with E-state index in [4.69, 9.17) is 11.6 Å². The molecule has 1 N–H and O–H groups in total. The number of rotatable bonds is 2. The first-order chi connectivity index (χ1) is 15.3. The van der Waals surface area contributed by atoms with Crippen LogP contribution in [-0.2, 0) is 6.18 Å². The van der Waals surface area contributed by atoms with Gasteiger partial charge in [-0.05, 0) is 43.7 Å². The lowest BCUT2D eigenvalue weighted by Crippen LogP contribution is -2.15. The van der Waals surface area contributed by atoms with E-state index in [-0.39, 0.29) is 11.6 Å². The molecule has 4 heterocycles. The van der Waals surface area contributed by atoms with Crippen molar-refractivity contribution in [2.45, 2.75) is 25.4 Å². The van der Waals surface area contributed by atoms with Crippen molar-refractivity contribution in [1.29, 1.82) is 5.26 Å². The number of nitrogens with zero attached hydrogens (tertiary/aromatic N) is 5. The van der Waals surface area contributed by atoms with Crippen LogP contribution in [0.15, 0.2) is 30.5 Å². The third-order valence-corrected chi connectivity index (χ3v) is 6.02. The fourth-order valence-electron chi connectivity index (χ4n) is 4.42. The Morgan fingerprint density at radius 2 is 2.09 bits per heavy atom. The summed E-state index contributed by atoms with van der Waals surface area (Å²) in [7, 11) is 0. The van der Waals surface area contributed by atoms with E-state index in [2.05, 4.69) is 20.4 Å². The Labute approximate surface area is 185 Å². The van der Waals surface area contributed by atoms with Gasteiger partial charge >= 0.3 is 6.18 Å². The number of halogens is 4. The maximum absolute atomic E-state index is 13.7. The molecule has 1 unspecified atom stereocenters. The summed E-state index contributed by atoms with van der Waals surface area (Å²) in [5.41, 5.74) is 1.40. The van der Waals surface area contributed by atoms with Crippen LogP contribution in [0.3, 0.4) is 0 Å². The van der Waals surface area contributed by atoms with Crippen LogP contribution in [0, 0.1) is 18.3 Å². The number of aryl methyl sites for hydroxylation is 1. The number of fused-ring (bicyclic) bond motifs is 2. The predicted octanol–water partition coefficient (Wildman–Crippen LogP) is 4.87. The van der Waals surface area contributed by atoms with Gasteiger partial charge in [-0.3, -0.25) is 4.98 Å². The average Bonchev–Trinajstić information content (AvgIpc) is 3.39. The predicted molar refractivity (Wildman–Crippen MR) is 113 cm³/mol. The minimum absolute atomic E-state index is 0.0793. The molecule has 1 aliphatic rings. The highest BCUT2D eigenvalue weighted by Gasteiger charge is 2.40. The molecule has 5 rings (SSSR count). The molecule has 3 aromatic heterocycles. The van der Waals surface area contributed by atoms with E-state index in [1.54, 1.807) is 31.3 Å². The Morgan fingerprint density at radius 1 is 1.28 bits per heavy atom. The first-order valence-corrected chi connectivity index (χ1v) is 10.3. The molecule has 4 aromatic rings. The molecule has 1 saturated heterocycles. The molecule has 1 atom stereocenters. The first-order valence-electron chi connectivity index (χ1n) is 9.95. The molecule has 6 nitrogen and oxygen atoms in total. The van der Waals surface area contributed by atoms with Crippen molar-refractivity contribution in [3.05, 3.63) is 58.1 Å². The van der Waals surface area contributed by atoms with Crippen LogP contribution in [0.25, 0.3) is 27.7 Å². The van der Waals surface area contributed by atoms with E-state index in [9.17, 15) is 18.4 Å². The van der Waals surface area contributed by atoms with Crippen LogP contribution in [0.2, 0.25) is 5.02 Å². The van der Waals surface area contributed by atoms with Gasteiger partial charge < -0.3 is 5.32 Å². The van der Waals surface area contributed by atoms with Gasteiger partial charge in [-0.15, -0.1) is 0 Å². The van der Waals surface area contributed by atoms with E-state index in [0.717, 1.165) is 23.9 Å². The van der Waals surface area contributed by atoms with Gasteiger partial charge in [-0.1, -0.05) is 17.7 Å². The normalized spacial score (nSPS) is 16.7. The van der Waals surface area contributed by atoms with Crippen molar-refractivity contribution < 1.29 is 13.2 Å². The van der Waals surface area contributed by atoms with Crippen LogP contribution in [0.5, 0.6) is 0 Å².